The molecule has 0 radical (unpaired) electrons. The SMILES string of the molecule is CCOC(=O)C1=CC(C=O)N(S(=O)(=O)c2ccc(C)cc2)C(=O)C1. The van der Waals surface area contributed by atoms with Gasteiger partial charge in [-0.2, -0.15) is 0 Å². The Morgan fingerprint density at radius 3 is 2.50 bits per heavy atom. The van der Waals surface area contributed by atoms with E-state index in [0.717, 1.165) is 11.6 Å². The number of hydrogen-bond acceptors (Lipinski definition) is 6. The molecule has 0 N–H and O–H groups in total. The molecule has 1 aliphatic heterocycles. The van der Waals surface area contributed by atoms with E-state index in [1.165, 1.54) is 12.1 Å². The molecule has 1 aromatic rings. The molecule has 0 fully saturated rings. The molecule has 1 atom stereocenters. The first-order chi connectivity index (χ1) is 11.3. The van der Waals surface area contributed by atoms with Crippen LogP contribution in [0.2, 0.25) is 0 Å². The molecule has 0 aromatic heterocycles. The lowest BCUT2D eigenvalue weighted by Crippen LogP contribution is -2.47. The maximum atomic E-state index is 12.7. The summed E-state index contributed by atoms with van der Waals surface area (Å²) in [7, 11) is -4.19. The number of aryl methyl sites for hydroxylation is 1. The van der Waals surface area contributed by atoms with E-state index in [-0.39, 0.29) is 17.1 Å². The summed E-state index contributed by atoms with van der Waals surface area (Å²) >= 11 is 0. The monoisotopic (exact) mass is 351 g/mol. The van der Waals surface area contributed by atoms with Crippen LogP contribution in [0.1, 0.15) is 18.9 Å². The van der Waals surface area contributed by atoms with Gasteiger partial charge in [0.1, 0.15) is 12.3 Å². The normalized spacial score (nSPS) is 18.1. The predicted octanol–water partition coefficient (Wildman–Crippen LogP) is 0.973. The summed E-state index contributed by atoms with van der Waals surface area (Å²) in [4.78, 5) is 35.3. The smallest absolute Gasteiger partial charge is 0.334 e. The predicted molar refractivity (Wildman–Crippen MR) is 84.4 cm³/mol. The second kappa shape index (κ2) is 6.96. The first-order valence-corrected chi connectivity index (χ1v) is 8.72. The van der Waals surface area contributed by atoms with Crippen LogP contribution in [-0.2, 0) is 29.1 Å². The summed E-state index contributed by atoms with van der Waals surface area (Å²) < 4.78 is 30.7. The lowest BCUT2D eigenvalue weighted by Gasteiger charge is -2.29. The Bertz CT molecular complexity index is 794. The van der Waals surface area contributed by atoms with E-state index in [2.05, 4.69) is 0 Å². The molecule has 1 amide bonds. The van der Waals surface area contributed by atoms with Crippen molar-refractivity contribution in [2.45, 2.75) is 31.2 Å². The summed E-state index contributed by atoms with van der Waals surface area (Å²) in [5.74, 6) is -1.58. The third-order valence-corrected chi connectivity index (χ3v) is 5.32. The molecule has 1 unspecified atom stereocenters. The standard InChI is InChI=1S/C16H17NO6S/c1-3-23-16(20)12-8-13(10-18)17(15(19)9-12)24(21,22)14-6-4-11(2)5-7-14/h4-8,10,13H,3,9H2,1-2H3. The molecule has 1 aromatic carbocycles. The average Bonchev–Trinajstić information content (AvgIpc) is 2.54. The summed E-state index contributed by atoms with van der Waals surface area (Å²) in [6.07, 6.45) is 1.02. The molecule has 1 heterocycles. The Balaban J connectivity index is 2.43. The Morgan fingerprint density at radius 1 is 1.33 bits per heavy atom. The minimum atomic E-state index is -4.19. The van der Waals surface area contributed by atoms with E-state index >= 15 is 0 Å². The Hall–Kier alpha value is -2.48. The fraction of sp³-hybridized carbons (Fsp3) is 0.312. The van der Waals surface area contributed by atoms with Crippen LogP contribution in [0.15, 0.2) is 40.8 Å². The number of hydrogen-bond donors (Lipinski definition) is 0. The first-order valence-electron chi connectivity index (χ1n) is 7.28. The topological polar surface area (TPSA) is 97.8 Å². The number of ether oxygens (including phenoxy) is 1. The van der Waals surface area contributed by atoms with Crippen molar-refractivity contribution in [3.05, 3.63) is 41.5 Å². The van der Waals surface area contributed by atoms with Crippen molar-refractivity contribution in [2.75, 3.05) is 6.61 Å². The van der Waals surface area contributed by atoms with E-state index in [4.69, 9.17) is 4.74 Å². The lowest BCUT2D eigenvalue weighted by atomic mass is 10.0. The molecule has 0 spiro atoms. The number of benzene rings is 1. The van der Waals surface area contributed by atoms with Gasteiger partial charge in [0.2, 0.25) is 5.91 Å². The zero-order valence-corrected chi connectivity index (χ0v) is 14.1. The summed E-state index contributed by atoms with van der Waals surface area (Å²) in [5.41, 5.74) is 0.838. The third kappa shape index (κ3) is 3.38. The van der Waals surface area contributed by atoms with Crippen LogP contribution in [0.4, 0.5) is 0 Å². The molecular formula is C16H17NO6S. The number of carbonyl (C=O) groups excluding carboxylic acids is 3. The molecule has 2 rings (SSSR count). The van der Waals surface area contributed by atoms with E-state index in [0.29, 0.717) is 10.6 Å². The number of aldehydes is 1. The molecule has 24 heavy (non-hydrogen) atoms. The van der Waals surface area contributed by atoms with Gasteiger partial charge < -0.3 is 9.53 Å². The molecule has 8 heteroatoms. The van der Waals surface area contributed by atoms with Crippen LogP contribution >= 0.6 is 0 Å². The largest absolute Gasteiger partial charge is 0.463 e. The Morgan fingerprint density at radius 2 is 1.96 bits per heavy atom. The highest BCUT2D eigenvalue weighted by molar-refractivity contribution is 7.89. The van der Waals surface area contributed by atoms with E-state index in [1.807, 2.05) is 0 Å². The second-order valence-corrected chi connectivity index (χ2v) is 7.04. The zero-order chi connectivity index (χ0) is 17.9. The molecular weight excluding hydrogens is 334 g/mol. The maximum Gasteiger partial charge on any atom is 0.334 e. The molecule has 0 saturated carbocycles. The highest BCUT2D eigenvalue weighted by atomic mass is 32.2. The van der Waals surface area contributed by atoms with Gasteiger partial charge in [0, 0.05) is 5.57 Å². The summed E-state index contributed by atoms with van der Waals surface area (Å²) in [5, 5.41) is 0. The maximum absolute atomic E-state index is 12.7. The van der Waals surface area contributed by atoms with Crippen molar-refractivity contribution in [1.82, 2.24) is 4.31 Å². The number of amides is 1. The van der Waals surface area contributed by atoms with Crippen molar-refractivity contribution < 1.29 is 27.5 Å². The van der Waals surface area contributed by atoms with Gasteiger partial charge in [-0.05, 0) is 32.1 Å². The van der Waals surface area contributed by atoms with Crippen LogP contribution < -0.4 is 0 Å². The number of carbonyl (C=O) groups is 3. The van der Waals surface area contributed by atoms with Gasteiger partial charge in [0.25, 0.3) is 10.0 Å². The molecule has 0 saturated heterocycles. The van der Waals surface area contributed by atoms with Crippen LogP contribution in [0.25, 0.3) is 0 Å². The number of nitrogens with zero attached hydrogens (tertiary/aromatic N) is 1. The van der Waals surface area contributed by atoms with E-state index < -0.39 is 34.4 Å². The molecule has 128 valence electrons. The Labute approximate surface area is 140 Å². The van der Waals surface area contributed by atoms with E-state index in [9.17, 15) is 22.8 Å². The van der Waals surface area contributed by atoms with Crippen LogP contribution in [-0.4, -0.2) is 43.5 Å². The molecule has 0 bridgehead atoms. The quantitative estimate of drug-likeness (QED) is 0.579. The van der Waals surface area contributed by atoms with Crippen LogP contribution in [0.5, 0.6) is 0 Å². The zero-order valence-electron chi connectivity index (χ0n) is 13.3. The Kier molecular flexibility index (Phi) is 5.18. The first kappa shape index (κ1) is 17.9. The minimum absolute atomic E-state index is 0.0192. The van der Waals surface area contributed by atoms with E-state index in [1.54, 1.807) is 26.0 Å². The fourth-order valence-corrected chi connectivity index (χ4v) is 3.79. The lowest BCUT2D eigenvalue weighted by molar-refractivity contribution is -0.140. The summed E-state index contributed by atoms with van der Waals surface area (Å²) in [6, 6.07) is 4.54. The van der Waals surface area contributed by atoms with Crippen molar-refractivity contribution in [2.24, 2.45) is 0 Å². The van der Waals surface area contributed by atoms with Crippen molar-refractivity contribution in [1.29, 1.82) is 0 Å². The third-order valence-electron chi connectivity index (χ3n) is 3.49. The van der Waals surface area contributed by atoms with Gasteiger partial charge in [-0.3, -0.25) is 4.79 Å². The van der Waals surface area contributed by atoms with Gasteiger partial charge in [-0.1, -0.05) is 17.7 Å². The average molecular weight is 351 g/mol. The van der Waals surface area contributed by atoms with Gasteiger partial charge in [0.15, 0.2) is 0 Å². The van der Waals surface area contributed by atoms with Crippen LogP contribution in [0.3, 0.4) is 0 Å². The molecule has 0 aliphatic carbocycles. The highest BCUT2D eigenvalue weighted by Gasteiger charge is 2.39. The van der Waals surface area contributed by atoms with Gasteiger partial charge >= 0.3 is 5.97 Å². The highest BCUT2D eigenvalue weighted by Crippen LogP contribution is 2.26. The fourth-order valence-electron chi connectivity index (χ4n) is 2.32. The van der Waals surface area contributed by atoms with Crippen molar-refractivity contribution in [3.63, 3.8) is 0 Å². The van der Waals surface area contributed by atoms with Crippen molar-refractivity contribution in [3.8, 4) is 0 Å². The van der Waals surface area contributed by atoms with Crippen LogP contribution in [0, 0.1) is 6.92 Å². The number of rotatable bonds is 5. The van der Waals surface area contributed by atoms with Gasteiger partial charge in [-0.25, -0.2) is 17.5 Å². The minimum Gasteiger partial charge on any atom is -0.463 e. The van der Waals surface area contributed by atoms with Gasteiger partial charge in [0.05, 0.1) is 17.9 Å². The molecule has 7 nitrogen and oxygen atoms in total. The van der Waals surface area contributed by atoms with Crippen molar-refractivity contribution >= 4 is 28.2 Å². The summed E-state index contributed by atoms with van der Waals surface area (Å²) in [6.45, 7) is 3.51. The number of sulfonamides is 1. The van der Waals surface area contributed by atoms with Gasteiger partial charge in [-0.15, -0.1) is 0 Å². The second-order valence-electron chi connectivity index (χ2n) is 5.22. The molecule has 1 aliphatic rings. The number of esters is 1.